The van der Waals surface area contributed by atoms with E-state index in [1.165, 1.54) is 24.0 Å². The molecule has 0 fully saturated rings. The van der Waals surface area contributed by atoms with E-state index in [4.69, 9.17) is 22.7 Å². The molecule has 0 bridgehead atoms. The Kier molecular flexibility index (Phi) is 2.91. The number of nitrogens with two attached hydrogens (primary N) is 1. The van der Waals surface area contributed by atoms with Crippen molar-refractivity contribution in [2.75, 3.05) is 0 Å². The van der Waals surface area contributed by atoms with Gasteiger partial charge in [-0.15, -0.1) is 0 Å². The fourth-order valence-electron chi connectivity index (χ4n) is 1.88. The molecular formula is C12H15NOS. The zero-order valence-corrected chi connectivity index (χ0v) is 9.64. The van der Waals surface area contributed by atoms with Crippen LogP contribution in [0.1, 0.15) is 24.5 Å². The van der Waals surface area contributed by atoms with Gasteiger partial charge >= 0.3 is 0 Å². The summed E-state index contributed by atoms with van der Waals surface area (Å²) in [5, 5.41) is 0. The lowest BCUT2D eigenvalue weighted by Crippen LogP contribution is -2.28. The molecule has 0 saturated carbocycles. The number of ether oxygens (including phenoxy) is 1. The van der Waals surface area contributed by atoms with E-state index < -0.39 is 0 Å². The molecule has 15 heavy (non-hydrogen) atoms. The Hall–Kier alpha value is -1.09. The standard InChI is InChI=1S/C12H15NOS/c1-8(12(13)15)14-11-6-5-9-3-2-4-10(9)7-11/h5-8H,2-4H2,1H3,(H2,13,15). The summed E-state index contributed by atoms with van der Waals surface area (Å²) in [4.78, 5) is 0.399. The molecule has 2 rings (SSSR count). The smallest absolute Gasteiger partial charge is 0.145 e. The molecule has 0 radical (unpaired) electrons. The summed E-state index contributed by atoms with van der Waals surface area (Å²) in [5.74, 6) is 0.871. The molecule has 1 atom stereocenters. The van der Waals surface area contributed by atoms with E-state index in [9.17, 15) is 0 Å². The molecular weight excluding hydrogens is 206 g/mol. The fraction of sp³-hybridized carbons (Fsp3) is 0.417. The SMILES string of the molecule is CC(Oc1ccc2c(c1)CCC2)C(N)=S. The highest BCUT2D eigenvalue weighted by Crippen LogP contribution is 2.26. The zero-order valence-electron chi connectivity index (χ0n) is 8.82. The fourth-order valence-corrected chi connectivity index (χ4v) is 1.93. The summed E-state index contributed by atoms with van der Waals surface area (Å²) in [5.41, 5.74) is 8.36. The molecule has 0 spiro atoms. The molecule has 1 unspecified atom stereocenters. The van der Waals surface area contributed by atoms with Gasteiger partial charge in [-0.05, 0) is 49.4 Å². The summed E-state index contributed by atoms with van der Waals surface area (Å²) >= 11 is 4.87. The third-order valence-corrected chi connectivity index (χ3v) is 3.12. The minimum absolute atomic E-state index is 0.195. The van der Waals surface area contributed by atoms with Crippen LogP contribution in [0.5, 0.6) is 5.75 Å². The largest absolute Gasteiger partial charge is 0.484 e. The maximum absolute atomic E-state index is 5.63. The van der Waals surface area contributed by atoms with Crippen LogP contribution in [-0.4, -0.2) is 11.1 Å². The van der Waals surface area contributed by atoms with Crippen LogP contribution in [-0.2, 0) is 12.8 Å². The summed E-state index contributed by atoms with van der Waals surface area (Å²) in [7, 11) is 0. The topological polar surface area (TPSA) is 35.2 Å². The number of fused-ring (bicyclic) bond motifs is 1. The number of rotatable bonds is 3. The van der Waals surface area contributed by atoms with Crippen molar-refractivity contribution < 1.29 is 4.74 Å². The Labute approximate surface area is 95.4 Å². The second-order valence-electron chi connectivity index (χ2n) is 3.95. The van der Waals surface area contributed by atoms with Crippen molar-refractivity contribution >= 4 is 17.2 Å². The van der Waals surface area contributed by atoms with Gasteiger partial charge in [0.15, 0.2) is 0 Å². The Balaban J connectivity index is 2.13. The first-order valence-corrected chi connectivity index (χ1v) is 5.65. The lowest BCUT2D eigenvalue weighted by Gasteiger charge is -2.13. The van der Waals surface area contributed by atoms with Gasteiger partial charge in [0, 0.05) is 0 Å². The number of thiocarbonyl (C=S) groups is 1. The summed E-state index contributed by atoms with van der Waals surface area (Å²) in [6.45, 7) is 1.87. The molecule has 3 heteroatoms. The van der Waals surface area contributed by atoms with Crippen molar-refractivity contribution in [3.63, 3.8) is 0 Å². The van der Waals surface area contributed by atoms with Crippen molar-refractivity contribution in [3.05, 3.63) is 29.3 Å². The molecule has 0 amide bonds. The van der Waals surface area contributed by atoms with E-state index in [1.807, 2.05) is 13.0 Å². The average Bonchev–Trinajstić information content (AvgIpc) is 2.64. The molecule has 1 aliphatic rings. The van der Waals surface area contributed by atoms with Crippen LogP contribution in [0.3, 0.4) is 0 Å². The molecule has 0 aliphatic heterocycles. The number of hydrogen-bond acceptors (Lipinski definition) is 2. The number of benzene rings is 1. The van der Waals surface area contributed by atoms with Crippen molar-refractivity contribution in [1.82, 2.24) is 0 Å². The first-order valence-electron chi connectivity index (χ1n) is 5.24. The zero-order chi connectivity index (χ0) is 10.8. The van der Waals surface area contributed by atoms with Crippen LogP contribution >= 0.6 is 12.2 Å². The highest BCUT2D eigenvalue weighted by molar-refractivity contribution is 7.80. The van der Waals surface area contributed by atoms with E-state index in [-0.39, 0.29) is 6.10 Å². The summed E-state index contributed by atoms with van der Waals surface area (Å²) < 4.78 is 5.63. The second-order valence-corrected chi connectivity index (χ2v) is 4.42. The van der Waals surface area contributed by atoms with Crippen molar-refractivity contribution in [1.29, 1.82) is 0 Å². The molecule has 1 aromatic carbocycles. The first-order chi connectivity index (χ1) is 7.16. The molecule has 1 aromatic rings. The Bertz CT molecular complexity index is 389. The molecule has 0 aromatic heterocycles. The van der Waals surface area contributed by atoms with Gasteiger partial charge < -0.3 is 10.5 Å². The minimum atomic E-state index is -0.195. The Morgan fingerprint density at radius 1 is 1.40 bits per heavy atom. The van der Waals surface area contributed by atoms with Crippen molar-refractivity contribution in [2.45, 2.75) is 32.3 Å². The second kappa shape index (κ2) is 4.19. The van der Waals surface area contributed by atoms with E-state index in [0.717, 1.165) is 12.2 Å². The van der Waals surface area contributed by atoms with Gasteiger partial charge in [-0.3, -0.25) is 0 Å². The quantitative estimate of drug-likeness (QED) is 0.795. The van der Waals surface area contributed by atoms with E-state index >= 15 is 0 Å². The van der Waals surface area contributed by atoms with Crippen LogP contribution in [0.2, 0.25) is 0 Å². The third kappa shape index (κ3) is 2.29. The lowest BCUT2D eigenvalue weighted by atomic mass is 10.1. The molecule has 0 heterocycles. The van der Waals surface area contributed by atoms with Crippen LogP contribution in [0, 0.1) is 0 Å². The predicted molar refractivity (Wildman–Crippen MR) is 65.3 cm³/mol. The van der Waals surface area contributed by atoms with Crippen LogP contribution in [0.15, 0.2) is 18.2 Å². The molecule has 1 aliphatic carbocycles. The highest BCUT2D eigenvalue weighted by Gasteiger charge is 2.13. The average molecular weight is 221 g/mol. The number of aryl methyl sites for hydroxylation is 2. The van der Waals surface area contributed by atoms with Gasteiger partial charge in [0.2, 0.25) is 0 Å². The maximum atomic E-state index is 5.63. The third-order valence-electron chi connectivity index (χ3n) is 2.78. The normalized spacial score (nSPS) is 15.8. The van der Waals surface area contributed by atoms with Crippen molar-refractivity contribution in [3.8, 4) is 5.75 Å². The van der Waals surface area contributed by atoms with Gasteiger partial charge in [0.1, 0.15) is 16.8 Å². The molecule has 2 N–H and O–H groups in total. The molecule has 2 nitrogen and oxygen atoms in total. The van der Waals surface area contributed by atoms with Crippen molar-refractivity contribution in [2.24, 2.45) is 5.73 Å². The Morgan fingerprint density at radius 3 is 2.87 bits per heavy atom. The van der Waals surface area contributed by atoms with E-state index in [0.29, 0.717) is 4.99 Å². The minimum Gasteiger partial charge on any atom is -0.484 e. The Morgan fingerprint density at radius 2 is 2.13 bits per heavy atom. The van der Waals surface area contributed by atoms with Crippen LogP contribution in [0.4, 0.5) is 0 Å². The molecule has 0 saturated heterocycles. The summed E-state index contributed by atoms with van der Waals surface area (Å²) in [6.07, 6.45) is 3.41. The van der Waals surface area contributed by atoms with Gasteiger partial charge in [-0.25, -0.2) is 0 Å². The van der Waals surface area contributed by atoms with Crippen LogP contribution < -0.4 is 10.5 Å². The summed E-state index contributed by atoms with van der Waals surface area (Å²) in [6, 6.07) is 6.25. The maximum Gasteiger partial charge on any atom is 0.145 e. The van der Waals surface area contributed by atoms with E-state index in [2.05, 4.69) is 12.1 Å². The number of hydrogen-bond donors (Lipinski definition) is 1. The highest BCUT2D eigenvalue weighted by atomic mass is 32.1. The van der Waals surface area contributed by atoms with Gasteiger partial charge in [-0.1, -0.05) is 18.3 Å². The lowest BCUT2D eigenvalue weighted by molar-refractivity contribution is 0.288. The van der Waals surface area contributed by atoms with Crippen LogP contribution in [0.25, 0.3) is 0 Å². The first kappa shape index (κ1) is 10.4. The van der Waals surface area contributed by atoms with E-state index in [1.54, 1.807) is 0 Å². The van der Waals surface area contributed by atoms with Gasteiger partial charge in [0.25, 0.3) is 0 Å². The monoisotopic (exact) mass is 221 g/mol. The predicted octanol–water partition coefficient (Wildman–Crippen LogP) is 2.23. The van der Waals surface area contributed by atoms with Gasteiger partial charge in [-0.2, -0.15) is 0 Å². The van der Waals surface area contributed by atoms with Gasteiger partial charge in [0.05, 0.1) is 0 Å². The molecule has 80 valence electrons.